The number of halogens is 1. The zero-order valence-electron chi connectivity index (χ0n) is 10.5. The fourth-order valence-electron chi connectivity index (χ4n) is 1.71. The lowest BCUT2D eigenvalue weighted by atomic mass is 10.2. The molecule has 5 nitrogen and oxygen atoms in total. The molecule has 1 aromatic heterocycles. The van der Waals surface area contributed by atoms with Crippen LogP contribution < -0.4 is 10.1 Å². The predicted molar refractivity (Wildman–Crippen MR) is 64.0 cm³/mol. The largest absolute Gasteiger partial charge is 0.463 e. The summed E-state index contributed by atoms with van der Waals surface area (Å²) in [5, 5.41) is 3.14. The van der Waals surface area contributed by atoms with Crippen molar-refractivity contribution in [2.75, 3.05) is 26.3 Å². The fraction of sp³-hybridized carbons (Fsp3) is 0.667. The summed E-state index contributed by atoms with van der Waals surface area (Å²) < 4.78 is 24.5. The highest BCUT2D eigenvalue weighted by Crippen LogP contribution is 2.21. The predicted octanol–water partition coefficient (Wildman–Crippen LogP) is 1.46. The maximum absolute atomic E-state index is 13.7. The number of aromatic nitrogens is 2. The van der Waals surface area contributed by atoms with Crippen LogP contribution in [-0.4, -0.2) is 36.3 Å². The molecule has 1 atom stereocenters. The minimum atomic E-state index is -0.452. The minimum Gasteiger partial charge on any atom is -0.463 e. The number of morpholine rings is 1. The average Bonchev–Trinajstić information content (AvgIpc) is 2.42. The third-order valence-electron chi connectivity index (χ3n) is 2.71. The molecule has 100 valence electrons. The summed E-state index contributed by atoms with van der Waals surface area (Å²) in [5.41, 5.74) is 0.267. The first kappa shape index (κ1) is 13.2. The second-order valence-corrected chi connectivity index (χ2v) is 4.15. The van der Waals surface area contributed by atoms with Crippen molar-refractivity contribution in [3.63, 3.8) is 0 Å². The number of hydrogen-bond donors (Lipinski definition) is 1. The summed E-state index contributed by atoms with van der Waals surface area (Å²) in [4.78, 5) is 7.92. The van der Waals surface area contributed by atoms with E-state index in [0.29, 0.717) is 19.8 Å². The van der Waals surface area contributed by atoms with E-state index in [1.807, 2.05) is 0 Å². The van der Waals surface area contributed by atoms with Gasteiger partial charge in [0.2, 0.25) is 0 Å². The van der Waals surface area contributed by atoms with E-state index in [2.05, 4.69) is 22.2 Å². The molecule has 0 aliphatic carbocycles. The van der Waals surface area contributed by atoms with Crippen molar-refractivity contribution in [3.05, 3.63) is 17.7 Å². The van der Waals surface area contributed by atoms with Crippen molar-refractivity contribution < 1.29 is 13.9 Å². The first-order valence-electron chi connectivity index (χ1n) is 6.28. The Morgan fingerprint density at radius 2 is 2.50 bits per heavy atom. The lowest BCUT2D eigenvalue weighted by Gasteiger charge is -2.23. The Hall–Kier alpha value is -1.27. The standard InChI is InChI=1S/C12H18FN3O2/c1-2-3-5-18-12-15-7-9(13)11(16-12)10-8-14-4-6-17-10/h7,10,14H,2-6,8H2,1H3. The second kappa shape index (κ2) is 6.61. The minimum absolute atomic E-state index is 0.217. The Labute approximate surface area is 106 Å². The summed E-state index contributed by atoms with van der Waals surface area (Å²) in [6.07, 6.45) is 2.73. The van der Waals surface area contributed by atoms with E-state index in [9.17, 15) is 4.39 Å². The van der Waals surface area contributed by atoms with Gasteiger partial charge in [0, 0.05) is 13.1 Å². The molecule has 0 bridgehead atoms. The molecule has 0 radical (unpaired) electrons. The van der Waals surface area contributed by atoms with E-state index < -0.39 is 5.82 Å². The van der Waals surface area contributed by atoms with Crippen molar-refractivity contribution in [2.24, 2.45) is 0 Å². The van der Waals surface area contributed by atoms with Gasteiger partial charge in [-0.3, -0.25) is 0 Å². The summed E-state index contributed by atoms with van der Waals surface area (Å²) in [7, 11) is 0. The molecule has 1 saturated heterocycles. The quantitative estimate of drug-likeness (QED) is 0.807. The third kappa shape index (κ3) is 3.36. The summed E-state index contributed by atoms with van der Waals surface area (Å²) in [5.74, 6) is -0.452. The number of unbranched alkanes of at least 4 members (excludes halogenated alkanes) is 1. The van der Waals surface area contributed by atoms with Gasteiger partial charge >= 0.3 is 6.01 Å². The molecule has 1 aromatic rings. The Bertz CT molecular complexity index is 384. The second-order valence-electron chi connectivity index (χ2n) is 4.15. The molecule has 1 N–H and O–H groups in total. The van der Waals surface area contributed by atoms with Crippen LogP contribution in [0, 0.1) is 5.82 Å². The SMILES string of the molecule is CCCCOc1ncc(F)c(C2CNCCO2)n1. The van der Waals surface area contributed by atoms with Crippen LogP contribution in [0.4, 0.5) is 4.39 Å². The molecular formula is C12H18FN3O2. The Kier molecular flexibility index (Phi) is 4.83. The van der Waals surface area contributed by atoms with Crippen molar-refractivity contribution in [3.8, 4) is 6.01 Å². The van der Waals surface area contributed by atoms with E-state index in [0.717, 1.165) is 25.6 Å². The van der Waals surface area contributed by atoms with E-state index in [1.54, 1.807) is 0 Å². The van der Waals surface area contributed by atoms with Gasteiger partial charge in [-0.1, -0.05) is 13.3 Å². The zero-order chi connectivity index (χ0) is 12.8. The molecular weight excluding hydrogens is 237 g/mol. The molecule has 0 aromatic carbocycles. The first-order valence-corrected chi connectivity index (χ1v) is 6.28. The van der Waals surface area contributed by atoms with E-state index in [1.165, 1.54) is 0 Å². The van der Waals surface area contributed by atoms with E-state index in [-0.39, 0.29) is 17.8 Å². The van der Waals surface area contributed by atoms with Gasteiger partial charge in [-0.2, -0.15) is 4.98 Å². The Morgan fingerprint density at radius 1 is 1.61 bits per heavy atom. The molecule has 1 aliphatic heterocycles. The molecule has 2 heterocycles. The zero-order valence-corrected chi connectivity index (χ0v) is 10.5. The lowest BCUT2D eigenvalue weighted by Crippen LogP contribution is -2.34. The number of rotatable bonds is 5. The van der Waals surface area contributed by atoms with Gasteiger partial charge in [0.1, 0.15) is 11.8 Å². The first-order chi connectivity index (χ1) is 8.81. The van der Waals surface area contributed by atoms with Gasteiger partial charge in [0.05, 0.1) is 19.4 Å². The summed E-state index contributed by atoms with van der Waals surface area (Å²) in [6.45, 7) is 4.51. The van der Waals surface area contributed by atoms with Gasteiger partial charge < -0.3 is 14.8 Å². The van der Waals surface area contributed by atoms with Crippen molar-refractivity contribution in [1.82, 2.24) is 15.3 Å². The molecule has 1 unspecified atom stereocenters. The van der Waals surface area contributed by atoms with Crippen LogP contribution in [0.5, 0.6) is 6.01 Å². The molecule has 0 amide bonds. The summed E-state index contributed by atoms with van der Waals surface area (Å²) in [6, 6.07) is 0.217. The van der Waals surface area contributed by atoms with Crippen molar-refractivity contribution >= 4 is 0 Å². The van der Waals surface area contributed by atoms with Crippen LogP contribution in [-0.2, 0) is 4.74 Å². The van der Waals surface area contributed by atoms with Gasteiger partial charge in [-0.05, 0) is 6.42 Å². The van der Waals surface area contributed by atoms with Crippen LogP contribution in [0.3, 0.4) is 0 Å². The molecule has 1 aliphatic rings. The maximum Gasteiger partial charge on any atom is 0.316 e. The normalized spacial score (nSPS) is 19.8. The maximum atomic E-state index is 13.7. The van der Waals surface area contributed by atoms with Crippen molar-refractivity contribution in [1.29, 1.82) is 0 Å². The lowest BCUT2D eigenvalue weighted by molar-refractivity contribution is 0.0220. The van der Waals surface area contributed by atoms with Crippen LogP contribution in [0.1, 0.15) is 31.6 Å². The van der Waals surface area contributed by atoms with Gasteiger partial charge in [-0.15, -0.1) is 0 Å². The van der Waals surface area contributed by atoms with Gasteiger partial charge in [0.25, 0.3) is 0 Å². The molecule has 0 spiro atoms. The number of nitrogens with zero attached hydrogens (tertiary/aromatic N) is 2. The van der Waals surface area contributed by atoms with Crippen LogP contribution in [0.15, 0.2) is 6.20 Å². The number of hydrogen-bond acceptors (Lipinski definition) is 5. The highest BCUT2D eigenvalue weighted by atomic mass is 19.1. The van der Waals surface area contributed by atoms with Gasteiger partial charge in [-0.25, -0.2) is 9.37 Å². The van der Waals surface area contributed by atoms with Crippen LogP contribution >= 0.6 is 0 Å². The van der Waals surface area contributed by atoms with Gasteiger partial charge in [0.15, 0.2) is 5.82 Å². The Balaban J connectivity index is 2.05. The number of ether oxygens (including phenoxy) is 2. The van der Waals surface area contributed by atoms with Crippen LogP contribution in [0.25, 0.3) is 0 Å². The molecule has 6 heteroatoms. The molecule has 0 saturated carbocycles. The summed E-state index contributed by atoms with van der Waals surface area (Å²) >= 11 is 0. The third-order valence-corrected chi connectivity index (χ3v) is 2.71. The van der Waals surface area contributed by atoms with E-state index >= 15 is 0 Å². The highest BCUT2D eigenvalue weighted by Gasteiger charge is 2.22. The monoisotopic (exact) mass is 255 g/mol. The average molecular weight is 255 g/mol. The Morgan fingerprint density at radius 3 is 3.22 bits per heavy atom. The smallest absolute Gasteiger partial charge is 0.316 e. The molecule has 18 heavy (non-hydrogen) atoms. The van der Waals surface area contributed by atoms with Crippen molar-refractivity contribution in [2.45, 2.75) is 25.9 Å². The van der Waals surface area contributed by atoms with Crippen LogP contribution in [0.2, 0.25) is 0 Å². The fourth-order valence-corrected chi connectivity index (χ4v) is 1.71. The molecule has 2 rings (SSSR count). The van der Waals surface area contributed by atoms with E-state index in [4.69, 9.17) is 9.47 Å². The molecule has 1 fully saturated rings. The topological polar surface area (TPSA) is 56.3 Å². The number of nitrogens with one attached hydrogen (secondary N) is 1. The highest BCUT2D eigenvalue weighted by molar-refractivity contribution is 5.12.